The molecule has 0 bridgehead atoms. The fraction of sp³-hybridized carbons (Fsp3) is 0.300. The van der Waals surface area contributed by atoms with E-state index in [1.165, 1.54) is 4.57 Å². The third-order valence-electron chi connectivity index (χ3n) is 2.36. The molecule has 19 heavy (non-hydrogen) atoms. The first-order valence-electron chi connectivity index (χ1n) is 5.32. The first-order valence-corrected chi connectivity index (χ1v) is 8.42. The highest BCUT2D eigenvalue weighted by Crippen LogP contribution is 2.25. The minimum atomic E-state index is -3.95. The largest absolute Gasteiger partial charge is 0.296 e. The van der Waals surface area contributed by atoms with Gasteiger partial charge in [-0.25, -0.2) is 8.42 Å². The van der Waals surface area contributed by atoms with Gasteiger partial charge in [0.15, 0.2) is 5.82 Å². The molecule has 0 unspecified atom stereocenters. The molecule has 0 aliphatic carbocycles. The van der Waals surface area contributed by atoms with Gasteiger partial charge in [-0.05, 0) is 41.9 Å². The van der Waals surface area contributed by atoms with Crippen molar-refractivity contribution in [1.29, 1.82) is 0 Å². The minimum absolute atomic E-state index is 0.168. The van der Waals surface area contributed by atoms with E-state index in [-0.39, 0.29) is 11.2 Å². The van der Waals surface area contributed by atoms with Crippen molar-refractivity contribution in [3.05, 3.63) is 22.8 Å². The van der Waals surface area contributed by atoms with Gasteiger partial charge in [-0.3, -0.25) is 9.55 Å². The SMILES string of the molecule is CC(C)n1c(-c2ccc(Br)cn2)nnc1S(=O)(=O)Cl. The number of hydrogen-bond acceptors (Lipinski definition) is 5. The second-order valence-electron chi connectivity index (χ2n) is 4.07. The van der Waals surface area contributed by atoms with Crippen molar-refractivity contribution < 1.29 is 8.42 Å². The number of pyridine rings is 1. The molecule has 102 valence electrons. The lowest BCUT2D eigenvalue weighted by Crippen LogP contribution is -2.10. The van der Waals surface area contributed by atoms with Gasteiger partial charge >= 0.3 is 0 Å². The molecule has 6 nitrogen and oxygen atoms in total. The number of aromatic nitrogens is 4. The maximum Gasteiger partial charge on any atom is 0.296 e. The molecule has 0 N–H and O–H groups in total. The van der Waals surface area contributed by atoms with E-state index in [1.807, 2.05) is 13.8 Å². The van der Waals surface area contributed by atoms with Crippen LogP contribution in [-0.4, -0.2) is 28.2 Å². The molecular weight excluding hydrogens is 356 g/mol. The zero-order chi connectivity index (χ0) is 14.2. The Morgan fingerprint density at radius 2 is 2.00 bits per heavy atom. The van der Waals surface area contributed by atoms with Crippen LogP contribution in [0.1, 0.15) is 19.9 Å². The molecule has 0 saturated heterocycles. The third-order valence-corrected chi connectivity index (χ3v) is 3.95. The topological polar surface area (TPSA) is 77.7 Å². The van der Waals surface area contributed by atoms with Crippen LogP contribution in [0.5, 0.6) is 0 Å². The van der Waals surface area contributed by atoms with Crippen molar-refractivity contribution in [3.8, 4) is 11.5 Å². The summed E-state index contributed by atoms with van der Waals surface area (Å²) in [6.45, 7) is 3.63. The van der Waals surface area contributed by atoms with Crippen LogP contribution in [0.25, 0.3) is 11.5 Å². The molecular formula is C10H10BrClN4O2S. The van der Waals surface area contributed by atoms with Crippen molar-refractivity contribution in [2.24, 2.45) is 0 Å². The van der Waals surface area contributed by atoms with Gasteiger partial charge in [-0.15, -0.1) is 10.2 Å². The van der Waals surface area contributed by atoms with E-state index in [4.69, 9.17) is 10.7 Å². The normalized spacial score (nSPS) is 12.1. The van der Waals surface area contributed by atoms with Gasteiger partial charge in [0.25, 0.3) is 14.2 Å². The van der Waals surface area contributed by atoms with Crippen molar-refractivity contribution in [1.82, 2.24) is 19.7 Å². The van der Waals surface area contributed by atoms with Gasteiger partial charge in [0, 0.05) is 27.4 Å². The van der Waals surface area contributed by atoms with Gasteiger partial charge in [-0.1, -0.05) is 0 Å². The molecule has 0 aliphatic heterocycles. The molecule has 0 radical (unpaired) electrons. The molecule has 9 heteroatoms. The van der Waals surface area contributed by atoms with E-state index in [0.29, 0.717) is 11.5 Å². The molecule has 2 aromatic rings. The first kappa shape index (κ1) is 14.4. The molecule has 0 aromatic carbocycles. The summed E-state index contributed by atoms with van der Waals surface area (Å²) in [4.78, 5) is 4.18. The fourth-order valence-electron chi connectivity index (χ4n) is 1.59. The molecule has 0 spiro atoms. The van der Waals surface area contributed by atoms with Crippen LogP contribution in [0, 0.1) is 0 Å². The van der Waals surface area contributed by atoms with Crippen molar-refractivity contribution >= 4 is 35.7 Å². The summed E-state index contributed by atoms with van der Waals surface area (Å²) in [5.41, 5.74) is 0.524. The molecule has 0 aliphatic rings. The van der Waals surface area contributed by atoms with Crippen molar-refractivity contribution in [2.75, 3.05) is 0 Å². The van der Waals surface area contributed by atoms with Crippen molar-refractivity contribution in [2.45, 2.75) is 25.0 Å². The second-order valence-corrected chi connectivity index (χ2v) is 7.44. The summed E-state index contributed by atoms with van der Waals surface area (Å²) >= 11 is 3.28. The van der Waals surface area contributed by atoms with E-state index in [1.54, 1.807) is 18.3 Å². The standard InChI is InChI=1S/C10H10BrClN4O2S/c1-6(2)16-9(8-4-3-7(11)5-13-8)14-15-10(16)19(12,17)18/h3-6H,1-2H3. The Kier molecular flexibility index (Phi) is 3.93. The van der Waals surface area contributed by atoms with Gasteiger partial charge in [0.05, 0.1) is 0 Å². The summed E-state index contributed by atoms with van der Waals surface area (Å²) < 4.78 is 25.2. The Hall–Kier alpha value is -0.990. The highest BCUT2D eigenvalue weighted by molar-refractivity contribution is 9.10. The zero-order valence-corrected chi connectivity index (χ0v) is 13.2. The van der Waals surface area contributed by atoms with Crippen LogP contribution in [0.4, 0.5) is 0 Å². The third kappa shape index (κ3) is 2.96. The molecule has 2 rings (SSSR count). The lowest BCUT2D eigenvalue weighted by atomic mass is 10.3. The first-order chi connectivity index (χ1) is 8.80. The van der Waals surface area contributed by atoms with E-state index in [0.717, 1.165) is 4.47 Å². The van der Waals surface area contributed by atoms with Gasteiger partial charge in [-0.2, -0.15) is 0 Å². The molecule has 0 amide bonds. The van der Waals surface area contributed by atoms with Gasteiger partial charge in [0.1, 0.15) is 5.69 Å². The maximum atomic E-state index is 11.5. The predicted molar refractivity (Wildman–Crippen MR) is 74.4 cm³/mol. The maximum absolute atomic E-state index is 11.5. The number of hydrogen-bond donors (Lipinski definition) is 0. The molecule has 2 aromatic heterocycles. The Morgan fingerprint density at radius 1 is 1.32 bits per heavy atom. The number of nitrogens with zero attached hydrogens (tertiary/aromatic N) is 4. The van der Waals surface area contributed by atoms with Crippen LogP contribution in [0.15, 0.2) is 28.0 Å². The Bertz CT molecular complexity index is 697. The quantitative estimate of drug-likeness (QED) is 0.781. The average molecular weight is 366 g/mol. The lowest BCUT2D eigenvalue weighted by molar-refractivity contribution is 0.530. The van der Waals surface area contributed by atoms with Gasteiger partial charge in [0.2, 0.25) is 0 Å². The zero-order valence-electron chi connectivity index (χ0n) is 10.1. The van der Waals surface area contributed by atoms with Gasteiger partial charge < -0.3 is 0 Å². The smallest absolute Gasteiger partial charge is 0.293 e. The average Bonchev–Trinajstić information content (AvgIpc) is 2.74. The monoisotopic (exact) mass is 364 g/mol. The van der Waals surface area contributed by atoms with Crippen molar-refractivity contribution in [3.63, 3.8) is 0 Å². The highest BCUT2D eigenvalue weighted by atomic mass is 79.9. The second kappa shape index (κ2) is 5.18. The molecule has 0 atom stereocenters. The minimum Gasteiger partial charge on any atom is -0.293 e. The lowest BCUT2D eigenvalue weighted by Gasteiger charge is -2.11. The number of halogens is 2. The van der Waals surface area contributed by atoms with E-state index in [2.05, 4.69) is 31.1 Å². The molecule has 2 heterocycles. The summed E-state index contributed by atoms with van der Waals surface area (Å²) in [5.74, 6) is 0.363. The van der Waals surface area contributed by atoms with E-state index in [9.17, 15) is 8.42 Å². The molecule has 0 fully saturated rings. The Balaban J connectivity index is 2.65. The summed E-state index contributed by atoms with van der Waals surface area (Å²) in [7, 11) is 1.41. The van der Waals surface area contributed by atoms with Crippen LogP contribution < -0.4 is 0 Å². The van der Waals surface area contributed by atoms with E-state index < -0.39 is 9.05 Å². The van der Waals surface area contributed by atoms with Crippen LogP contribution in [-0.2, 0) is 9.05 Å². The fourth-order valence-corrected chi connectivity index (χ4v) is 2.81. The van der Waals surface area contributed by atoms with Crippen LogP contribution in [0.3, 0.4) is 0 Å². The van der Waals surface area contributed by atoms with E-state index >= 15 is 0 Å². The highest BCUT2D eigenvalue weighted by Gasteiger charge is 2.25. The summed E-state index contributed by atoms with van der Waals surface area (Å²) in [6.07, 6.45) is 1.60. The summed E-state index contributed by atoms with van der Waals surface area (Å²) in [6, 6.07) is 3.34. The number of rotatable bonds is 3. The molecule has 0 saturated carbocycles. The van der Waals surface area contributed by atoms with Crippen LogP contribution in [0.2, 0.25) is 0 Å². The van der Waals surface area contributed by atoms with Crippen LogP contribution >= 0.6 is 26.6 Å². The summed E-state index contributed by atoms with van der Waals surface area (Å²) in [5, 5.41) is 7.25. The Labute approximate surface area is 123 Å². The Morgan fingerprint density at radius 3 is 2.47 bits per heavy atom. The predicted octanol–water partition coefficient (Wildman–Crippen LogP) is 2.61.